The van der Waals surface area contributed by atoms with Gasteiger partial charge in [-0.05, 0) is 44.5 Å². The molecule has 0 fully saturated rings. The molecule has 2 aromatic rings. The fourth-order valence-corrected chi connectivity index (χ4v) is 2.99. The highest BCUT2D eigenvalue weighted by Crippen LogP contribution is 2.38. The lowest BCUT2D eigenvalue weighted by atomic mass is 10.1. The van der Waals surface area contributed by atoms with Gasteiger partial charge < -0.3 is 9.47 Å². The number of aryl methyl sites for hydroxylation is 1. The predicted molar refractivity (Wildman–Crippen MR) is 94.1 cm³/mol. The molecule has 0 N–H and O–H groups in total. The van der Waals surface area contributed by atoms with Gasteiger partial charge in [-0.15, -0.1) is 11.3 Å². The molecule has 2 rings (SSSR count). The maximum Gasteiger partial charge on any atom is 0.180 e. The summed E-state index contributed by atoms with van der Waals surface area (Å²) in [6.07, 6.45) is 1.72. The first-order chi connectivity index (χ1) is 10.9. The van der Waals surface area contributed by atoms with Gasteiger partial charge in [0.25, 0.3) is 0 Å². The van der Waals surface area contributed by atoms with Gasteiger partial charge in [-0.2, -0.15) is 5.26 Å². The smallest absolute Gasteiger partial charge is 0.180 e. The number of nitrogens with zero attached hydrogens (tertiary/aromatic N) is 2. The molecule has 1 aromatic carbocycles. The molecule has 1 aromatic heterocycles. The molecule has 0 amide bonds. The zero-order valence-corrected chi connectivity index (χ0v) is 15.0. The highest BCUT2D eigenvalue weighted by atomic mass is 35.5. The van der Waals surface area contributed by atoms with Crippen molar-refractivity contribution in [3.05, 3.63) is 38.8 Å². The van der Waals surface area contributed by atoms with Gasteiger partial charge in [0.1, 0.15) is 11.1 Å². The monoisotopic (exact) mass is 348 g/mol. The van der Waals surface area contributed by atoms with Crippen molar-refractivity contribution in [3.8, 4) is 17.6 Å². The molecule has 0 unspecified atom stereocenters. The Kier molecular flexibility index (Phi) is 5.64. The molecular weight excluding hydrogens is 332 g/mol. The summed E-state index contributed by atoms with van der Waals surface area (Å²) in [6.45, 7) is 5.73. The van der Waals surface area contributed by atoms with Gasteiger partial charge in [-0.25, -0.2) is 4.98 Å². The average Bonchev–Trinajstić information content (AvgIpc) is 2.93. The van der Waals surface area contributed by atoms with Crippen molar-refractivity contribution in [3.63, 3.8) is 0 Å². The largest absolute Gasteiger partial charge is 0.493 e. The van der Waals surface area contributed by atoms with E-state index in [4.69, 9.17) is 21.1 Å². The first-order valence-electron chi connectivity index (χ1n) is 7.03. The van der Waals surface area contributed by atoms with E-state index in [1.54, 1.807) is 25.3 Å². The lowest BCUT2D eigenvalue weighted by molar-refractivity contribution is 0.230. The van der Waals surface area contributed by atoms with Crippen molar-refractivity contribution >= 4 is 34.6 Å². The molecule has 0 bridgehead atoms. The van der Waals surface area contributed by atoms with Crippen LogP contribution in [0.5, 0.6) is 11.5 Å². The number of aromatic nitrogens is 1. The first-order valence-corrected chi connectivity index (χ1v) is 8.28. The maximum absolute atomic E-state index is 9.38. The van der Waals surface area contributed by atoms with Crippen molar-refractivity contribution in [1.82, 2.24) is 4.98 Å². The summed E-state index contributed by atoms with van der Waals surface area (Å²) in [6, 6.07) is 5.72. The molecule has 0 saturated heterocycles. The molecular formula is C17H17ClN2O2S. The summed E-state index contributed by atoms with van der Waals surface area (Å²) in [5.74, 6) is 1.04. The Labute approximate surface area is 145 Å². The van der Waals surface area contributed by atoms with E-state index in [0.717, 1.165) is 11.3 Å². The molecule has 6 heteroatoms. The van der Waals surface area contributed by atoms with Crippen LogP contribution >= 0.6 is 22.9 Å². The van der Waals surface area contributed by atoms with Crippen LogP contribution in [0.3, 0.4) is 0 Å². The van der Waals surface area contributed by atoms with Gasteiger partial charge in [-0.1, -0.05) is 11.6 Å². The van der Waals surface area contributed by atoms with Gasteiger partial charge in [0.05, 0.1) is 23.8 Å². The van der Waals surface area contributed by atoms with E-state index in [-0.39, 0.29) is 6.10 Å². The molecule has 1 heterocycles. The minimum absolute atomic E-state index is 0.0178. The minimum atomic E-state index is -0.0178. The van der Waals surface area contributed by atoms with Crippen LogP contribution in [0.4, 0.5) is 0 Å². The van der Waals surface area contributed by atoms with E-state index in [1.165, 1.54) is 11.3 Å². The highest BCUT2D eigenvalue weighted by molar-refractivity contribution is 7.11. The second kappa shape index (κ2) is 7.49. The third-order valence-corrected chi connectivity index (χ3v) is 4.16. The molecule has 0 aliphatic carbocycles. The van der Waals surface area contributed by atoms with E-state index >= 15 is 0 Å². The molecule has 23 heavy (non-hydrogen) atoms. The van der Waals surface area contributed by atoms with E-state index in [0.29, 0.717) is 27.1 Å². The van der Waals surface area contributed by atoms with E-state index in [9.17, 15) is 5.26 Å². The van der Waals surface area contributed by atoms with Crippen molar-refractivity contribution < 1.29 is 9.47 Å². The summed E-state index contributed by atoms with van der Waals surface area (Å²) in [5.41, 5.74) is 2.13. The van der Waals surface area contributed by atoms with Gasteiger partial charge in [0, 0.05) is 11.1 Å². The minimum Gasteiger partial charge on any atom is -0.493 e. The number of rotatable bonds is 5. The second-order valence-corrected chi connectivity index (χ2v) is 6.43. The van der Waals surface area contributed by atoms with Crippen molar-refractivity contribution in [2.45, 2.75) is 26.9 Å². The molecule has 0 radical (unpaired) electrons. The van der Waals surface area contributed by atoms with Crippen LogP contribution in [0.15, 0.2) is 17.5 Å². The summed E-state index contributed by atoms with van der Waals surface area (Å²) in [5, 5.41) is 12.4. The van der Waals surface area contributed by atoms with Gasteiger partial charge in [0.2, 0.25) is 0 Å². The summed E-state index contributed by atoms with van der Waals surface area (Å²) in [4.78, 5) is 4.34. The Morgan fingerprint density at radius 2 is 2.17 bits per heavy atom. The number of methoxy groups -OCH3 is 1. The van der Waals surface area contributed by atoms with Crippen LogP contribution in [0.2, 0.25) is 5.02 Å². The quantitative estimate of drug-likeness (QED) is 0.716. The third kappa shape index (κ3) is 4.25. The van der Waals surface area contributed by atoms with Crippen LogP contribution in [0.25, 0.3) is 11.6 Å². The summed E-state index contributed by atoms with van der Waals surface area (Å²) >= 11 is 7.74. The lowest BCUT2D eigenvalue weighted by Crippen LogP contribution is -2.07. The van der Waals surface area contributed by atoms with Gasteiger partial charge in [0.15, 0.2) is 11.5 Å². The molecule has 0 aliphatic heterocycles. The van der Waals surface area contributed by atoms with Gasteiger partial charge in [-0.3, -0.25) is 0 Å². The number of hydrogen-bond donors (Lipinski definition) is 0. The Morgan fingerprint density at radius 3 is 2.70 bits per heavy atom. The molecule has 0 aliphatic rings. The number of allylic oxidation sites excluding steroid dienone is 1. The number of nitriles is 1. The topological polar surface area (TPSA) is 55.1 Å². The second-order valence-electron chi connectivity index (χ2n) is 5.16. The fourth-order valence-electron chi connectivity index (χ4n) is 1.96. The Bertz CT molecular complexity index is 775. The van der Waals surface area contributed by atoms with E-state index < -0.39 is 0 Å². The summed E-state index contributed by atoms with van der Waals surface area (Å²) in [7, 11) is 1.56. The lowest BCUT2D eigenvalue weighted by Gasteiger charge is -2.15. The number of ether oxygens (including phenoxy) is 2. The Hall–Kier alpha value is -2.03. The number of benzene rings is 1. The van der Waals surface area contributed by atoms with Crippen LogP contribution < -0.4 is 9.47 Å². The summed E-state index contributed by atoms with van der Waals surface area (Å²) < 4.78 is 11.0. The van der Waals surface area contributed by atoms with Crippen LogP contribution in [0, 0.1) is 18.3 Å². The van der Waals surface area contributed by atoms with E-state index in [1.807, 2.05) is 26.2 Å². The molecule has 120 valence electrons. The van der Waals surface area contributed by atoms with Crippen molar-refractivity contribution in [2.24, 2.45) is 0 Å². The first kappa shape index (κ1) is 17.3. The van der Waals surface area contributed by atoms with Crippen molar-refractivity contribution in [2.75, 3.05) is 7.11 Å². The SMILES string of the molecule is COc1cc(/C=C(\C#N)c2nc(C)cs2)cc(Cl)c1OC(C)C. The number of thiazole rings is 1. The molecule has 0 saturated carbocycles. The molecule has 0 spiro atoms. The van der Waals surface area contributed by atoms with Gasteiger partial charge >= 0.3 is 0 Å². The maximum atomic E-state index is 9.38. The average molecular weight is 349 g/mol. The Morgan fingerprint density at radius 1 is 1.43 bits per heavy atom. The zero-order chi connectivity index (χ0) is 17.0. The van der Waals surface area contributed by atoms with Crippen LogP contribution in [-0.4, -0.2) is 18.2 Å². The predicted octanol–water partition coefficient (Wildman–Crippen LogP) is 4.96. The molecule has 4 nitrogen and oxygen atoms in total. The van der Waals surface area contributed by atoms with Crippen molar-refractivity contribution in [1.29, 1.82) is 5.26 Å². The molecule has 0 atom stereocenters. The van der Waals surface area contributed by atoms with Crippen LogP contribution in [0.1, 0.15) is 30.1 Å². The normalized spacial score (nSPS) is 11.4. The standard InChI is InChI=1S/C17H17ClN2O2S/c1-10(2)22-16-14(18)6-12(7-15(16)21-4)5-13(8-19)17-20-11(3)9-23-17/h5-7,9-10H,1-4H3/b13-5+. The number of halogens is 1. The Balaban J connectivity index is 2.45. The highest BCUT2D eigenvalue weighted by Gasteiger charge is 2.14. The number of hydrogen-bond acceptors (Lipinski definition) is 5. The zero-order valence-electron chi connectivity index (χ0n) is 13.4. The van der Waals surface area contributed by atoms with Crippen LogP contribution in [-0.2, 0) is 0 Å². The third-order valence-electron chi connectivity index (χ3n) is 2.89. The van der Waals surface area contributed by atoms with E-state index in [2.05, 4.69) is 11.1 Å². The fraction of sp³-hybridized carbons (Fsp3) is 0.294.